The van der Waals surface area contributed by atoms with Crippen LogP contribution in [0.5, 0.6) is 0 Å². The highest BCUT2D eigenvalue weighted by Gasteiger charge is 2.24. The van der Waals surface area contributed by atoms with Gasteiger partial charge in [-0.15, -0.1) is 0 Å². The molecule has 0 unspecified atom stereocenters. The Hall–Kier alpha value is -0.530. The molecule has 0 aromatic rings. The Balaban J connectivity index is 2.24. The van der Waals surface area contributed by atoms with Crippen molar-refractivity contribution in [3.63, 3.8) is 0 Å². The van der Waals surface area contributed by atoms with Crippen molar-refractivity contribution in [1.29, 1.82) is 0 Å². The third kappa shape index (κ3) is 0.831. The first-order valence-corrected chi connectivity index (χ1v) is 2.91. The number of hydrogen-bond donors (Lipinski definition) is 1. The molecule has 45 valence electrons. The second-order valence-electron chi connectivity index (χ2n) is 2.04. The summed E-state index contributed by atoms with van der Waals surface area (Å²) in [5.74, 6) is 1.20. The summed E-state index contributed by atoms with van der Waals surface area (Å²) in [6.45, 7) is 0. The zero-order valence-electron chi connectivity index (χ0n) is 5.03. The highest BCUT2D eigenvalue weighted by Crippen LogP contribution is 2.28. The Kier molecular flexibility index (Phi) is 1.51. The second kappa shape index (κ2) is 2.16. The molecule has 2 heteroatoms. The van der Waals surface area contributed by atoms with E-state index in [1.54, 1.807) is 7.05 Å². The highest BCUT2D eigenvalue weighted by molar-refractivity contribution is 5.90. The maximum Gasteiger partial charge on any atom is 0.227 e. The lowest BCUT2D eigenvalue weighted by Crippen LogP contribution is -2.29. The molecule has 1 N–H and O–H groups in total. The van der Waals surface area contributed by atoms with Crippen LogP contribution in [0, 0.1) is 5.92 Å². The first kappa shape index (κ1) is 5.60. The molecular weight excluding hydrogens is 102 g/mol. The SMILES string of the molecule is CNC(=O)[C]1CCC1. The van der Waals surface area contributed by atoms with E-state index < -0.39 is 0 Å². The van der Waals surface area contributed by atoms with Crippen LogP contribution < -0.4 is 5.32 Å². The molecule has 0 bridgehead atoms. The van der Waals surface area contributed by atoms with Crippen LogP contribution in [-0.2, 0) is 4.79 Å². The monoisotopic (exact) mass is 112 g/mol. The van der Waals surface area contributed by atoms with Gasteiger partial charge in [0.15, 0.2) is 0 Å². The predicted molar refractivity (Wildman–Crippen MR) is 31.2 cm³/mol. The number of nitrogens with one attached hydrogen (secondary N) is 1. The molecule has 0 aliphatic heterocycles. The van der Waals surface area contributed by atoms with Crippen LogP contribution in [0.2, 0.25) is 0 Å². The molecule has 1 rings (SSSR count). The van der Waals surface area contributed by atoms with Crippen LogP contribution >= 0.6 is 0 Å². The minimum Gasteiger partial charge on any atom is -0.359 e. The molecule has 1 radical (unpaired) electrons. The van der Waals surface area contributed by atoms with Crippen molar-refractivity contribution < 1.29 is 4.79 Å². The standard InChI is InChI=1S/C6H10NO/c1-7-6(8)5-3-2-4-5/h2-4H2,1H3,(H,7,8). The van der Waals surface area contributed by atoms with Crippen molar-refractivity contribution in [2.75, 3.05) is 7.05 Å². The lowest BCUT2D eigenvalue weighted by molar-refractivity contribution is -0.120. The van der Waals surface area contributed by atoms with Crippen LogP contribution in [0.25, 0.3) is 0 Å². The summed E-state index contributed by atoms with van der Waals surface area (Å²) < 4.78 is 0. The zero-order valence-corrected chi connectivity index (χ0v) is 5.03. The Morgan fingerprint density at radius 2 is 2.25 bits per heavy atom. The van der Waals surface area contributed by atoms with Gasteiger partial charge in [-0.1, -0.05) is 6.42 Å². The maximum atomic E-state index is 10.6. The summed E-state index contributed by atoms with van der Waals surface area (Å²) >= 11 is 0. The van der Waals surface area contributed by atoms with Gasteiger partial charge in [-0.3, -0.25) is 4.79 Å². The lowest BCUT2D eigenvalue weighted by atomic mass is 9.85. The number of carbonyl (C=O) groups excluding carboxylic acids is 1. The van der Waals surface area contributed by atoms with Crippen molar-refractivity contribution >= 4 is 5.91 Å². The van der Waals surface area contributed by atoms with E-state index in [0.29, 0.717) is 0 Å². The molecule has 0 spiro atoms. The molecule has 0 atom stereocenters. The summed E-state index contributed by atoms with van der Waals surface area (Å²) in [4.78, 5) is 10.6. The van der Waals surface area contributed by atoms with Gasteiger partial charge in [0.25, 0.3) is 0 Å². The van der Waals surface area contributed by atoms with E-state index in [9.17, 15) is 4.79 Å². The van der Waals surface area contributed by atoms with E-state index in [-0.39, 0.29) is 5.91 Å². The number of carbonyl (C=O) groups is 1. The van der Waals surface area contributed by atoms with Gasteiger partial charge >= 0.3 is 0 Å². The Morgan fingerprint density at radius 1 is 1.62 bits per heavy atom. The fourth-order valence-electron chi connectivity index (χ4n) is 0.757. The quantitative estimate of drug-likeness (QED) is 0.525. The molecule has 1 aliphatic carbocycles. The van der Waals surface area contributed by atoms with Crippen LogP contribution in [0.1, 0.15) is 19.3 Å². The number of rotatable bonds is 1. The first-order valence-electron chi connectivity index (χ1n) is 2.91. The molecule has 0 saturated heterocycles. The Labute approximate surface area is 49.3 Å². The molecule has 2 nitrogen and oxygen atoms in total. The van der Waals surface area contributed by atoms with Crippen molar-refractivity contribution in [3.05, 3.63) is 5.92 Å². The summed E-state index contributed by atoms with van der Waals surface area (Å²) in [5, 5.41) is 2.59. The highest BCUT2D eigenvalue weighted by atomic mass is 16.1. The van der Waals surface area contributed by atoms with Gasteiger partial charge in [-0.05, 0) is 12.8 Å². The lowest BCUT2D eigenvalue weighted by Gasteiger charge is -2.21. The minimum atomic E-state index is 0.135. The van der Waals surface area contributed by atoms with E-state index in [4.69, 9.17) is 0 Å². The van der Waals surface area contributed by atoms with E-state index in [1.807, 2.05) is 0 Å². The molecular formula is C6H10NO. The van der Waals surface area contributed by atoms with Gasteiger partial charge < -0.3 is 5.32 Å². The first-order chi connectivity index (χ1) is 3.84. The largest absolute Gasteiger partial charge is 0.359 e. The van der Waals surface area contributed by atoms with Crippen LogP contribution in [0.15, 0.2) is 0 Å². The zero-order chi connectivity index (χ0) is 5.98. The Bertz CT molecular complexity index is 96.7. The predicted octanol–water partition coefficient (Wildman–Crippen LogP) is 0.491. The Morgan fingerprint density at radius 3 is 2.38 bits per heavy atom. The van der Waals surface area contributed by atoms with Crippen molar-refractivity contribution in [3.8, 4) is 0 Å². The van der Waals surface area contributed by atoms with Gasteiger partial charge in [-0.2, -0.15) is 0 Å². The molecule has 1 amide bonds. The van der Waals surface area contributed by atoms with Crippen LogP contribution in [-0.4, -0.2) is 13.0 Å². The molecule has 1 saturated carbocycles. The van der Waals surface area contributed by atoms with Crippen molar-refractivity contribution in [2.45, 2.75) is 19.3 Å². The summed E-state index contributed by atoms with van der Waals surface area (Å²) in [7, 11) is 1.67. The smallest absolute Gasteiger partial charge is 0.227 e. The molecule has 1 aliphatic rings. The normalized spacial score (nSPS) is 19.6. The van der Waals surface area contributed by atoms with Crippen LogP contribution in [0.3, 0.4) is 0 Å². The molecule has 8 heavy (non-hydrogen) atoms. The van der Waals surface area contributed by atoms with Gasteiger partial charge in [-0.25, -0.2) is 0 Å². The molecule has 0 aromatic heterocycles. The van der Waals surface area contributed by atoms with Crippen molar-refractivity contribution in [1.82, 2.24) is 5.32 Å². The summed E-state index contributed by atoms with van der Waals surface area (Å²) in [6.07, 6.45) is 3.22. The van der Waals surface area contributed by atoms with E-state index in [0.717, 1.165) is 18.8 Å². The number of hydrogen-bond acceptors (Lipinski definition) is 1. The fraction of sp³-hybridized carbons (Fsp3) is 0.667. The van der Waals surface area contributed by atoms with E-state index in [2.05, 4.69) is 5.32 Å². The third-order valence-electron chi connectivity index (χ3n) is 1.51. The van der Waals surface area contributed by atoms with Gasteiger partial charge in [0.2, 0.25) is 5.91 Å². The van der Waals surface area contributed by atoms with E-state index >= 15 is 0 Å². The van der Waals surface area contributed by atoms with Crippen LogP contribution in [0.4, 0.5) is 0 Å². The van der Waals surface area contributed by atoms with Gasteiger partial charge in [0.05, 0.1) is 5.92 Å². The van der Waals surface area contributed by atoms with Gasteiger partial charge in [0, 0.05) is 7.05 Å². The fourth-order valence-corrected chi connectivity index (χ4v) is 0.757. The summed E-state index contributed by atoms with van der Waals surface area (Å²) in [6, 6.07) is 0. The maximum absolute atomic E-state index is 10.6. The molecule has 1 fully saturated rings. The molecule has 0 heterocycles. The molecule has 0 aromatic carbocycles. The third-order valence-corrected chi connectivity index (χ3v) is 1.51. The topological polar surface area (TPSA) is 29.1 Å². The average Bonchev–Trinajstić information content (AvgIpc) is 1.62. The average molecular weight is 112 g/mol. The van der Waals surface area contributed by atoms with Crippen molar-refractivity contribution in [2.24, 2.45) is 0 Å². The summed E-state index contributed by atoms with van der Waals surface area (Å²) in [5.41, 5.74) is 0. The number of amides is 1. The second-order valence-corrected chi connectivity index (χ2v) is 2.04. The minimum absolute atomic E-state index is 0.135. The van der Waals surface area contributed by atoms with Gasteiger partial charge in [0.1, 0.15) is 0 Å². The van der Waals surface area contributed by atoms with E-state index in [1.165, 1.54) is 6.42 Å².